The second-order valence-corrected chi connectivity index (χ2v) is 5.05. The fourth-order valence-electron chi connectivity index (χ4n) is 2.36. The maximum absolute atomic E-state index is 12.3. The Bertz CT molecular complexity index is 302. The highest BCUT2D eigenvalue weighted by molar-refractivity contribution is 5.85. The first-order valence-electron chi connectivity index (χ1n) is 6.52. The summed E-state index contributed by atoms with van der Waals surface area (Å²) in [5, 5.41) is 2.94. The van der Waals surface area contributed by atoms with Crippen molar-refractivity contribution in [2.24, 2.45) is 5.92 Å². The molecule has 1 unspecified atom stereocenters. The summed E-state index contributed by atoms with van der Waals surface area (Å²) in [4.78, 5) is 15.0. The van der Waals surface area contributed by atoms with Gasteiger partial charge in [0.1, 0.15) is 0 Å². The van der Waals surface area contributed by atoms with Crippen molar-refractivity contribution in [3.05, 3.63) is 0 Å². The van der Waals surface area contributed by atoms with Crippen LogP contribution in [0.3, 0.4) is 0 Å². The van der Waals surface area contributed by atoms with Gasteiger partial charge in [-0.15, -0.1) is 12.4 Å². The number of piperidine rings is 1. The lowest BCUT2D eigenvalue weighted by Crippen LogP contribution is -2.47. The Kier molecular flexibility index (Phi) is 8.46. The highest BCUT2D eigenvalue weighted by Crippen LogP contribution is 2.23. The molecule has 1 aliphatic rings. The lowest BCUT2D eigenvalue weighted by molar-refractivity contribution is -0.154. The maximum Gasteiger partial charge on any atom is 0.401 e. The van der Waals surface area contributed by atoms with Crippen molar-refractivity contribution < 1.29 is 18.0 Å². The molecule has 0 aromatic carbocycles. The van der Waals surface area contributed by atoms with Crippen LogP contribution in [-0.2, 0) is 4.79 Å². The highest BCUT2D eigenvalue weighted by Gasteiger charge is 2.35. The molecule has 1 aliphatic heterocycles. The molecule has 1 amide bonds. The van der Waals surface area contributed by atoms with Crippen LogP contribution in [0.15, 0.2) is 0 Å². The zero-order valence-electron chi connectivity index (χ0n) is 11.9. The third kappa shape index (κ3) is 6.76. The van der Waals surface area contributed by atoms with E-state index in [9.17, 15) is 18.0 Å². The number of halogens is 4. The summed E-state index contributed by atoms with van der Waals surface area (Å²) in [6.45, 7) is 0.967. The molecule has 4 nitrogen and oxygen atoms in total. The Morgan fingerprint density at radius 1 is 1.45 bits per heavy atom. The normalized spacial score (nSPS) is 20.4. The van der Waals surface area contributed by atoms with E-state index in [1.807, 2.05) is 0 Å². The largest absolute Gasteiger partial charge is 0.401 e. The summed E-state index contributed by atoms with van der Waals surface area (Å²) in [5.74, 6) is -0.361. The molecular weight excluding hydrogens is 295 g/mol. The fourth-order valence-corrected chi connectivity index (χ4v) is 2.36. The van der Waals surface area contributed by atoms with Gasteiger partial charge in [0.2, 0.25) is 5.91 Å². The third-order valence-corrected chi connectivity index (χ3v) is 3.33. The summed E-state index contributed by atoms with van der Waals surface area (Å²) in [5.41, 5.74) is 0. The number of hydrogen-bond acceptors (Lipinski definition) is 3. The van der Waals surface area contributed by atoms with Crippen LogP contribution in [0.25, 0.3) is 0 Å². The van der Waals surface area contributed by atoms with Gasteiger partial charge in [-0.3, -0.25) is 9.69 Å². The van der Waals surface area contributed by atoms with Crippen molar-refractivity contribution in [3.8, 4) is 0 Å². The average molecular weight is 318 g/mol. The molecule has 20 heavy (non-hydrogen) atoms. The van der Waals surface area contributed by atoms with Crippen molar-refractivity contribution in [2.45, 2.75) is 19.0 Å². The van der Waals surface area contributed by atoms with Crippen LogP contribution in [0.4, 0.5) is 13.2 Å². The predicted octanol–water partition coefficient (Wildman–Crippen LogP) is 1.36. The van der Waals surface area contributed by atoms with Crippen LogP contribution in [-0.4, -0.2) is 68.7 Å². The van der Waals surface area contributed by atoms with Crippen molar-refractivity contribution in [1.29, 1.82) is 0 Å². The number of nitrogens with one attached hydrogen (secondary N) is 1. The molecule has 1 saturated heterocycles. The predicted molar refractivity (Wildman–Crippen MR) is 74.0 cm³/mol. The molecule has 120 valence electrons. The zero-order valence-corrected chi connectivity index (χ0v) is 12.7. The molecule has 0 aromatic heterocycles. The van der Waals surface area contributed by atoms with E-state index in [-0.39, 0.29) is 30.8 Å². The second kappa shape index (κ2) is 8.69. The summed E-state index contributed by atoms with van der Waals surface area (Å²) < 4.78 is 37.0. The van der Waals surface area contributed by atoms with Gasteiger partial charge in [-0.2, -0.15) is 13.2 Å². The maximum atomic E-state index is 12.3. The van der Waals surface area contributed by atoms with Gasteiger partial charge in [0.25, 0.3) is 0 Å². The molecule has 1 heterocycles. The molecule has 1 rings (SSSR count). The minimum absolute atomic E-state index is 0. The molecule has 1 N–H and O–H groups in total. The topological polar surface area (TPSA) is 35.6 Å². The molecule has 1 atom stereocenters. The number of likely N-dealkylation sites (N-methyl/N-ethyl adjacent to an activating group) is 2. The monoisotopic (exact) mass is 317 g/mol. The Balaban J connectivity index is 0.00000361. The van der Waals surface area contributed by atoms with E-state index in [4.69, 9.17) is 0 Å². The van der Waals surface area contributed by atoms with Crippen LogP contribution in [0.1, 0.15) is 12.8 Å². The number of nitrogens with zero attached hydrogens (tertiary/aromatic N) is 2. The fraction of sp³-hybridized carbons (Fsp3) is 0.917. The minimum Gasteiger partial charge on any atom is -0.344 e. The van der Waals surface area contributed by atoms with E-state index >= 15 is 0 Å². The van der Waals surface area contributed by atoms with E-state index in [0.717, 1.165) is 0 Å². The smallest absolute Gasteiger partial charge is 0.344 e. The molecular formula is C12H23ClF3N3O. The lowest BCUT2D eigenvalue weighted by Gasteiger charge is -2.34. The van der Waals surface area contributed by atoms with Gasteiger partial charge in [0.05, 0.1) is 12.5 Å². The van der Waals surface area contributed by atoms with Gasteiger partial charge < -0.3 is 10.2 Å². The van der Waals surface area contributed by atoms with Crippen LogP contribution in [0.5, 0.6) is 0 Å². The standard InChI is InChI=1S/C12H22F3N3O.ClH/c1-16-5-7-17(2)11(19)10-4-3-6-18(8-10)9-12(13,14)15;/h10,16H,3-9H2,1-2H3;1H. The molecule has 0 bridgehead atoms. The molecule has 0 aliphatic carbocycles. The quantitative estimate of drug-likeness (QED) is 0.831. The Morgan fingerprint density at radius 3 is 2.65 bits per heavy atom. The van der Waals surface area contributed by atoms with Gasteiger partial charge in [0, 0.05) is 26.7 Å². The highest BCUT2D eigenvalue weighted by atomic mass is 35.5. The number of hydrogen-bond donors (Lipinski definition) is 1. The number of amides is 1. The van der Waals surface area contributed by atoms with E-state index in [1.54, 1.807) is 19.0 Å². The molecule has 0 spiro atoms. The summed E-state index contributed by atoms with van der Waals surface area (Å²) in [6, 6.07) is 0. The van der Waals surface area contributed by atoms with E-state index in [2.05, 4.69) is 5.32 Å². The van der Waals surface area contributed by atoms with Gasteiger partial charge in [-0.25, -0.2) is 0 Å². The molecule has 0 radical (unpaired) electrons. The molecule has 0 saturated carbocycles. The van der Waals surface area contributed by atoms with Gasteiger partial charge in [0.15, 0.2) is 0 Å². The number of alkyl halides is 3. The SMILES string of the molecule is CNCCN(C)C(=O)C1CCCN(CC(F)(F)F)C1.Cl. The van der Waals surface area contributed by atoms with Crippen LogP contribution >= 0.6 is 12.4 Å². The van der Waals surface area contributed by atoms with E-state index < -0.39 is 12.7 Å². The minimum atomic E-state index is -4.19. The molecule has 1 fully saturated rings. The van der Waals surface area contributed by atoms with Gasteiger partial charge in [-0.1, -0.05) is 0 Å². The second-order valence-electron chi connectivity index (χ2n) is 5.05. The number of carbonyl (C=O) groups excluding carboxylic acids is 1. The Morgan fingerprint density at radius 2 is 2.10 bits per heavy atom. The van der Waals surface area contributed by atoms with Crippen molar-refractivity contribution in [2.75, 3.05) is 46.8 Å². The van der Waals surface area contributed by atoms with Crippen molar-refractivity contribution in [3.63, 3.8) is 0 Å². The number of rotatable bonds is 5. The average Bonchev–Trinajstić information content (AvgIpc) is 2.33. The Labute approximate surface area is 124 Å². The van der Waals surface area contributed by atoms with Crippen LogP contribution in [0.2, 0.25) is 0 Å². The van der Waals surface area contributed by atoms with Gasteiger partial charge in [-0.05, 0) is 26.4 Å². The first-order chi connectivity index (χ1) is 8.83. The van der Waals surface area contributed by atoms with Gasteiger partial charge >= 0.3 is 6.18 Å². The van der Waals surface area contributed by atoms with E-state index in [1.165, 1.54) is 4.90 Å². The van der Waals surface area contributed by atoms with Crippen LogP contribution < -0.4 is 5.32 Å². The summed E-state index contributed by atoms with van der Waals surface area (Å²) >= 11 is 0. The van der Waals surface area contributed by atoms with Crippen molar-refractivity contribution in [1.82, 2.24) is 15.1 Å². The van der Waals surface area contributed by atoms with E-state index in [0.29, 0.717) is 32.5 Å². The third-order valence-electron chi connectivity index (χ3n) is 3.33. The Hall–Kier alpha value is -0.530. The number of likely N-dealkylation sites (tertiary alicyclic amines) is 1. The zero-order chi connectivity index (χ0) is 14.5. The summed E-state index contributed by atoms with van der Waals surface area (Å²) in [6.07, 6.45) is -2.87. The molecule has 0 aromatic rings. The number of carbonyl (C=O) groups is 1. The van der Waals surface area contributed by atoms with Crippen molar-refractivity contribution >= 4 is 18.3 Å². The first kappa shape index (κ1) is 19.5. The first-order valence-corrected chi connectivity index (χ1v) is 6.52. The molecule has 8 heteroatoms. The summed E-state index contributed by atoms with van der Waals surface area (Å²) in [7, 11) is 3.49. The van der Waals surface area contributed by atoms with Crippen LogP contribution in [0, 0.1) is 5.92 Å². The lowest BCUT2D eigenvalue weighted by atomic mass is 9.96.